The molecule has 100 valence electrons. The van der Waals surface area contributed by atoms with Gasteiger partial charge in [-0.1, -0.05) is 42.5 Å². The third kappa shape index (κ3) is 3.07. The largest absolute Gasteiger partial charge is 0.439 e. The van der Waals surface area contributed by atoms with E-state index in [1.807, 2.05) is 42.5 Å². The quantitative estimate of drug-likeness (QED) is 0.709. The van der Waals surface area contributed by atoms with E-state index >= 15 is 0 Å². The fourth-order valence-corrected chi connectivity index (χ4v) is 2.00. The first kappa shape index (κ1) is 12.9. The second-order valence-corrected chi connectivity index (χ2v) is 4.49. The minimum absolute atomic E-state index is 0.418. The van der Waals surface area contributed by atoms with E-state index < -0.39 is 0 Å². The topological polar surface area (TPSA) is 45.9 Å². The molecule has 2 aromatic carbocycles. The second kappa shape index (κ2) is 5.89. The number of pyridine rings is 1. The summed E-state index contributed by atoms with van der Waals surface area (Å²) in [6.45, 7) is 0. The van der Waals surface area contributed by atoms with E-state index in [0.717, 1.165) is 11.1 Å². The van der Waals surface area contributed by atoms with E-state index in [2.05, 4.69) is 23.2 Å². The van der Waals surface area contributed by atoms with Gasteiger partial charge in [-0.2, -0.15) is 5.26 Å². The third-order valence-corrected chi connectivity index (χ3v) is 3.05. The average molecular weight is 272 g/mol. The van der Waals surface area contributed by atoms with Crippen molar-refractivity contribution in [2.75, 3.05) is 0 Å². The molecule has 0 spiro atoms. The molecule has 1 aromatic heterocycles. The first-order chi connectivity index (χ1) is 10.3. The van der Waals surface area contributed by atoms with Gasteiger partial charge in [0, 0.05) is 12.3 Å². The molecule has 0 radical (unpaired) electrons. The van der Waals surface area contributed by atoms with Crippen LogP contribution in [0, 0.1) is 11.3 Å². The molecule has 3 aromatic rings. The first-order valence-corrected chi connectivity index (χ1v) is 6.55. The van der Waals surface area contributed by atoms with Crippen LogP contribution in [0.1, 0.15) is 5.56 Å². The monoisotopic (exact) mass is 272 g/mol. The standard InChI is InChI=1S/C18H12N2O/c19-13-14-10-11-20-18(12-14)21-17-8-6-16(7-9-17)15-4-2-1-3-5-15/h1-12H. The molecule has 3 nitrogen and oxygen atoms in total. The molecule has 0 aliphatic rings. The Balaban J connectivity index is 1.80. The maximum Gasteiger partial charge on any atom is 0.220 e. The molecule has 3 rings (SSSR count). The van der Waals surface area contributed by atoms with Crippen molar-refractivity contribution in [2.45, 2.75) is 0 Å². The highest BCUT2D eigenvalue weighted by Gasteiger charge is 2.01. The van der Waals surface area contributed by atoms with Crippen molar-refractivity contribution < 1.29 is 4.74 Å². The zero-order valence-electron chi connectivity index (χ0n) is 11.2. The predicted octanol–water partition coefficient (Wildman–Crippen LogP) is 4.41. The molecular formula is C18H12N2O. The van der Waals surface area contributed by atoms with Gasteiger partial charge in [-0.05, 0) is 29.3 Å². The van der Waals surface area contributed by atoms with Gasteiger partial charge in [0.1, 0.15) is 5.75 Å². The van der Waals surface area contributed by atoms with Crippen LogP contribution in [0.25, 0.3) is 11.1 Å². The molecule has 0 atom stereocenters. The maximum atomic E-state index is 8.86. The lowest BCUT2D eigenvalue weighted by Gasteiger charge is -2.06. The molecule has 0 bridgehead atoms. The summed E-state index contributed by atoms with van der Waals surface area (Å²) in [5.74, 6) is 1.11. The van der Waals surface area contributed by atoms with Crippen LogP contribution in [-0.4, -0.2) is 4.98 Å². The number of nitrogens with zero attached hydrogens (tertiary/aromatic N) is 2. The van der Waals surface area contributed by atoms with E-state index in [1.54, 1.807) is 18.3 Å². The van der Waals surface area contributed by atoms with Gasteiger partial charge in [-0.15, -0.1) is 0 Å². The van der Waals surface area contributed by atoms with E-state index in [9.17, 15) is 0 Å². The van der Waals surface area contributed by atoms with Gasteiger partial charge < -0.3 is 4.74 Å². The van der Waals surface area contributed by atoms with Crippen LogP contribution in [0.5, 0.6) is 11.6 Å². The van der Waals surface area contributed by atoms with Crippen molar-refractivity contribution in [1.29, 1.82) is 5.26 Å². The van der Waals surface area contributed by atoms with E-state index in [-0.39, 0.29) is 0 Å². The zero-order chi connectivity index (χ0) is 14.5. The fraction of sp³-hybridized carbons (Fsp3) is 0. The molecule has 1 heterocycles. The highest BCUT2D eigenvalue weighted by atomic mass is 16.5. The van der Waals surface area contributed by atoms with Gasteiger partial charge in [-0.25, -0.2) is 4.98 Å². The Morgan fingerprint density at radius 1 is 0.857 bits per heavy atom. The maximum absolute atomic E-state index is 8.86. The number of hydrogen-bond acceptors (Lipinski definition) is 3. The first-order valence-electron chi connectivity index (χ1n) is 6.55. The van der Waals surface area contributed by atoms with Crippen molar-refractivity contribution in [2.24, 2.45) is 0 Å². The Morgan fingerprint density at radius 3 is 2.29 bits per heavy atom. The van der Waals surface area contributed by atoms with Gasteiger partial charge in [-0.3, -0.25) is 0 Å². The van der Waals surface area contributed by atoms with Crippen LogP contribution in [0.2, 0.25) is 0 Å². The van der Waals surface area contributed by atoms with Crippen LogP contribution in [0.4, 0.5) is 0 Å². The molecule has 0 saturated heterocycles. The number of aromatic nitrogens is 1. The second-order valence-electron chi connectivity index (χ2n) is 4.49. The van der Waals surface area contributed by atoms with Gasteiger partial charge in [0.05, 0.1) is 11.6 Å². The minimum atomic E-state index is 0.418. The lowest BCUT2D eigenvalue weighted by Crippen LogP contribution is -1.88. The van der Waals surface area contributed by atoms with E-state index in [4.69, 9.17) is 10.00 Å². The van der Waals surface area contributed by atoms with Crippen molar-refractivity contribution in [3.05, 3.63) is 78.5 Å². The predicted molar refractivity (Wildman–Crippen MR) is 80.9 cm³/mol. The number of rotatable bonds is 3. The van der Waals surface area contributed by atoms with Crippen LogP contribution >= 0.6 is 0 Å². The van der Waals surface area contributed by atoms with Gasteiger partial charge >= 0.3 is 0 Å². The van der Waals surface area contributed by atoms with Crippen LogP contribution in [0.3, 0.4) is 0 Å². The Morgan fingerprint density at radius 2 is 1.57 bits per heavy atom. The number of nitriles is 1. The molecule has 0 aliphatic carbocycles. The Hall–Kier alpha value is -3.12. The van der Waals surface area contributed by atoms with E-state index in [1.165, 1.54) is 0 Å². The van der Waals surface area contributed by atoms with E-state index in [0.29, 0.717) is 17.2 Å². The summed E-state index contributed by atoms with van der Waals surface area (Å²) in [4.78, 5) is 4.09. The molecule has 0 amide bonds. The SMILES string of the molecule is N#Cc1ccnc(Oc2ccc(-c3ccccc3)cc2)c1. The number of hydrogen-bond donors (Lipinski definition) is 0. The average Bonchev–Trinajstić information content (AvgIpc) is 2.56. The van der Waals surface area contributed by atoms with Crippen LogP contribution in [-0.2, 0) is 0 Å². The Kier molecular flexibility index (Phi) is 3.62. The molecule has 0 aliphatic heterocycles. The Labute approximate surface area is 123 Å². The highest BCUT2D eigenvalue weighted by molar-refractivity contribution is 5.64. The molecule has 3 heteroatoms. The summed E-state index contributed by atoms with van der Waals surface area (Å²) in [5, 5.41) is 8.86. The smallest absolute Gasteiger partial charge is 0.220 e. The van der Waals surface area contributed by atoms with Crippen molar-refractivity contribution in [1.82, 2.24) is 4.98 Å². The number of benzene rings is 2. The van der Waals surface area contributed by atoms with Crippen molar-refractivity contribution >= 4 is 0 Å². The lowest BCUT2D eigenvalue weighted by molar-refractivity contribution is 0.463. The molecule has 0 unspecified atom stereocenters. The molecule has 0 N–H and O–H groups in total. The summed E-state index contributed by atoms with van der Waals surface area (Å²) in [6, 6.07) is 23.2. The third-order valence-electron chi connectivity index (χ3n) is 3.05. The molecular weight excluding hydrogens is 260 g/mol. The van der Waals surface area contributed by atoms with Gasteiger partial charge in [0.15, 0.2) is 0 Å². The highest BCUT2D eigenvalue weighted by Crippen LogP contribution is 2.25. The van der Waals surface area contributed by atoms with Crippen molar-refractivity contribution in [3.8, 4) is 28.8 Å². The zero-order valence-corrected chi connectivity index (χ0v) is 11.2. The summed E-state index contributed by atoms with van der Waals surface area (Å²) in [5.41, 5.74) is 2.82. The minimum Gasteiger partial charge on any atom is -0.439 e. The van der Waals surface area contributed by atoms with Crippen molar-refractivity contribution in [3.63, 3.8) is 0 Å². The molecule has 0 saturated carbocycles. The van der Waals surface area contributed by atoms with Crippen LogP contribution < -0.4 is 4.74 Å². The van der Waals surface area contributed by atoms with Gasteiger partial charge in [0.25, 0.3) is 0 Å². The summed E-state index contributed by atoms with van der Waals surface area (Å²) in [6.07, 6.45) is 1.56. The molecule has 21 heavy (non-hydrogen) atoms. The van der Waals surface area contributed by atoms with Gasteiger partial charge in [0.2, 0.25) is 5.88 Å². The fourth-order valence-electron chi connectivity index (χ4n) is 2.00. The normalized spacial score (nSPS) is 9.86. The summed E-state index contributed by atoms with van der Waals surface area (Å²) >= 11 is 0. The van der Waals surface area contributed by atoms with Crippen LogP contribution in [0.15, 0.2) is 72.9 Å². The molecule has 0 fully saturated rings. The summed E-state index contributed by atoms with van der Waals surface area (Å²) in [7, 11) is 0. The Bertz CT molecular complexity index is 774. The number of ether oxygens (including phenoxy) is 1. The lowest BCUT2D eigenvalue weighted by atomic mass is 10.1. The summed E-state index contributed by atoms with van der Waals surface area (Å²) < 4.78 is 5.65.